The van der Waals surface area contributed by atoms with Crippen molar-refractivity contribution in [2.24, 2.45) is 0 Å². The highest BCUT2D eigenvalue weighted by molar-refractivity contribution is 7.80. The summed E-state index contributed by atoms with van der Waals surface area (Å²) in [7, 11) is 0. The molecule has 0 aliphatic carbocycles. The lowest BCUT2D eigenvalue weighted by Gasteiger charge is -2.28. The number of amides is 1. The van der Waals surface area contributed by atoms with Gasteiger partial charge in [0.1, 0.15) is 0 Å². The Morgan fingerprint density at radius 1 is 1.07 bits per heavy atom. The number of rotatable bonds is 8. The molecule has 0 spiro atoms. The van der Waals surface area contributed by atoms with Crippen LogP contribution in [0.5, 0.6) is 0 Å². The second-order valence-corrected chi connectivity index (χ2v) is 11.0. The third kappa shape index (κ3) is 5.46. The van der Waals surface area contributed by atoms with Gasteiger partial charge in [-0.2, -0.15) is 0 Å². The van der Waals surface area contributed by atoms with Crippen molar-refractivity contribution in [2.45, 2.75) is 45.7 Å². The minimum atomic E-state index is -0.193. The zero-order valence-corrected chi connectivity index (χ0v) is 24.9. The summed E-state index contributed by atoms with van der Waals surface area (Å²) >= 11 is 18.8. The van der Waals surface area contributed by atoms with Gasteiger partial charge in [0, 0.05) is 36.2 Å². The summed E-state index contributed by atoms with van der Waals surface area (Å²) in [6.45, 7) is 6.65. The fraction of sp³-hybridized carbons (Fsp3) is 0.258. The van der Waals surface area contributed by atoms with Crippen LogP contribution in [0.1, 0.15) is 53.6 Å². The molecule has 1 amide bonds. The lowest BCUT2D eigenvalue weighted by Crippen LogP contribution is -2.33. The summed E-state index contributed by atoms with van der Waals surface area (Å²) in [5.74, 6) is -0.0556. The van der Waals surface area contributed by atoms with Crippen LogP contribution < -0.4 is 10.6 Å². The van der Waals surface area contributed by atoms with E-state index in [0.29, 0.717) is 21.7 Å². The highest BCUT2D eigenvalue weighted by Crippen LogP contribution is 2.42. The van der Waals surface area contributed by atoms with Crippen LogP contribution in [0.4, 0.5) is 5.69 Å². The summed E-state index contributed by atoms with van der Waals surface area (Å²) in [5.41, 5.74) is 6.77. The maximum absolute atomic E-state index is 13.1. The zero-order valence-electron chi connectivity index (χ0n) is 22.6. The average molecular weight is 593 g/mol. The van der Waals surface area contributed by atoms with Crippen LogP contribution >= 0.6 is 35.4 Å². The number of benzene rings is 2. The van der Waals surface area contributed by atoms with Crippen molar-refractivity contribution < 1.29 is 4.79 Å². The number of aryl methyl sites for hydroxylation is 2. The van der Waals surface area contributed by atoms with E-state index in [1.54, 1.807) is 12.3 Å². The monoisotopic (exact) mass is 591 g/mol. The maximum atomic E-state index is 13.1. The number of hydrogen-bond acceptors (Lipinski definition) is 3. The normalized spacial score (nSPS) is 16.7. The van der Waals surface area contributed by atoms with Gasteiger partial charge >= 0.3 is 0 Å². The molecule has 0 radical (unpaired) electrons. The first-order valence-corrected chi connectivity index (χ1v) is 14.5. The predicted octanol–water partition coefficient (Wildman–Crippen LogP) is 7.36. The van der Waals surface area contributed by atoms with Crippen molar-refractivity contribution in [3.8, 4) is 5.69 Å². The molecule has 5 rings (SSSR count). The van der Waals surface area contributed by atoms with Gasteiger partial charge in [0.05, 0.1) is 33.5 Å². The van der Waals surface area contributed by atoms with E-state index in [2.05, 4.69) is 45.0 Å². The standard InChI is InChI=1S/C31H31Cl2N5OS/c1-4-21-10-5-6-12-24(21)35-27(39)15-17-37-30(29(36-31(37)40)25-13-7-8-16-34-25)22-18-19(2)38(20(22)3)26-14-9-11-23(32)28(26)33/h5-14,16,18,29-30H,4,15,17H2,1-3H3,(H,35,39)(H,36,40)/t29-,30-/m0/s1. The van der Waals surface area contributed by atoms with Crippen LogP contribution in [-0.2, 0) is 11.2 Å². The number of anilines is 1. The smallest absolute Gasteiger partial charge is 0.226 e. The Kier molecular flexibility index (Phi) is 8.45. The number of hydrogen-bond donors (Lipinski definition) is 2. The van der Waals surface area contributed by atoms with Crippen LogP contribution in [0.2, 0.25) is 10.0 Å². The molecule has 1 fully saturated rings. The van der Waals surface area contributed by atoms with Gasteiger partial charge in [0.2, 0.25) is 5.91 Å². The first-order valence-electron chi connectivity index (χ1n) is 13.3. The fourth-order valence-electron chi connectivity index (χ4n) is 5.49. The molecule has 0 saturated carbocycles. The number of thiocarbonyl (C=S) groups is 1. The molecule has 0 unspecified atom stereocenters. The number of carbonyl (C=O) groups excluding carboxylic acids is 1. The van der Waals surface area contributed by atoms with Gasteiger partial charge in [-0.05, 0) is 80.0 Å². The molecule has 206 valence electrons. The first kappa shape index (κ1) is 28.1. The number of aromatic nitrogens is 2. The van der Waals surface area contributed by atoms with Crippen molar-refractivity contribution in [3.63, 3.8) is 0 Å². The van der Waals surface area contributed by atoms with E-state index in [4.69, 9.17) is 35.4 Å². The lowest BCUT2D eigenvalue weighted by molar-refractivity contribution is -0.116. The number of nitrogens with zero attached hydrogens (tertiary/aromatic N) is 3. The molecule has 2 aromatic heterocycles. The minimum Gasteiger partial charge on any atom is -0.352 e. The van der Waals surface area contributed by atoms with Crippen LogP contribution in [0.25, 0.3) is 5.69 Å². The highest BCUT2D eigenvalue weighted by Gasteiger charge is 2.41. The van der Waals surface area contributed by atoms with Gasteiger partial charge < -0.3 is 20.1 Å². The fourth-order valence-corrected chi connectivity index (χ4v) is 6.20. The average Bonchev–Trinajstić information content (AvgIpc) is 3.44. The molecule has 2 atom stereocenters. The zero-order chi connectivity index (χ0) is 28.4. The Hall–Kier alpha value is -3.39. The maximum Gasteiger partial charge on any atom is 0.226 e. The summed E-state index contributed by atoms with van der Waals surface area (Å²) < 4.78 is 2.12. The minimum absolute atomic E-state index is 0.0556. The van der Waals surface area contributed by atoms with Gasteiger partial charge in [0.25, 0.3) is 0 Å². The van der Waals surface area contributed by atoms with E-state index in [1.165, 1.54) is 0 Å². The Morgan fingerprint density at radius 2 is 1.85 bits per heavy atom. The molecule has 4 aromatic rings. The van der Waals surface area contributed by atoms with E-state index < -0.39 is 0 Å². The molecule has 2 aromatic carbocycles. The number of nitrogens with one attached hydrogen (secondary N) is 2. The van der Waals surface area contributed by atoms with E-state index in [9.17, 15) is 4.79 Å². The van der Waals surface area contributed by atoms with Crippen molar-refractivity contribution in [2.75, 3.05) is 11.9 Å². The molecule has 0 bridgehead atoms. The molecule has 3 heterocycles. The summed E-state index contributed by atoms with van der Waals surface area (Å²) in [4.78, 5) is 19.8. The second kappa shape index (κ2) is 12.0. The topological polar surface area (TPSA) is 62.2 Å². The Labute approximate surface area is 250 Å². The number of carbonyl (C=O) groups is 1. The Bertz CT molecular complexity index is 1550. The van der Waals surface area contributed by atoms with Gasteiger partial charge in [0.15, 0.2) is 5.11 Å². The SMILES string of the molecule is CCc1ccccc1NC(=O)CCN1C(=S)N[C@@H](c2ccccn2)[C@@H]1c1cc(C)n(-c2cccc(Cl)c2Cl)c1C. The lowest BCUT2D eigenvalue weighted by atomic mass is 9.96. The molecule has 2 N–H and O–H groups in total. The van der Waals surface area contributed by atoms with Crippen molar-refractivity contribution in [1.29, 1.82) is 0 Å². The molecule has 6 nitrogen and oxygen atoms in total. The largest absolute Gasteiger partial charge is 0.352 e. The number of halogens is 2. The van der Waals surface area contributed by atoms with Gasteiger partial charge in [-0.15, -0.1) is 0 Å². The summed E-state index contributed by atoms with van der Waals surface area (Å²) in [6.07, 6.45) is 2.91. The third-order valence-electron chi connectivity index (χ3n) is 7.41. The second-order valence-electron chi connectivity index (χ2n) is 9.86. The molecule has 1 saturated heterocycles. The molecule has 40 heavy (non-hydrogen) atoms. The third-order valence-corrected chi connectivity index (χ3v) is 8.57. The van der Waals surface area contributed by atoms with E-state index in [1.807, 2.05) is 61.5 Å². The Balaban J connectivity index is 1.49. The van der Waals surface area contributed by atoms with Crippen LogP contribution in [0.15, 0.2) is 72.9 Å². The van der Waals surface area contributed by atoms with Crippen molar-refractivity contribution >= 4 is 52.1 Å². The van der Waals surface area contributed by atoms with Gasteiger partial charge in [-0.1, -0.05) is 60.5 Å². The quantitative estimate of drug-likeness (QED) is 0.210. The predicted molar refractivity (Wildman–Crippen MR) is 166 cm³/mol. The van der Waals surface area contributed by atoms with Crippen LogP contribution in [-0.4, -0.2) is 32.0 Å². The van der Waals surface area contributed by atoms with Gasteiger partial charge in [-0.3, -0.25) is 9.78 Å². The number of pyridine rings is 1. The molecule has 1 aliphatic heterocycles. The number of para-hydroxylation sites is 1. The highest BCUT2D eigenvalue weighted by atomic mass is 35.5. The molecular formula is C31H31Cl2N5OS. The Morgan fingerprint density at radius 3 is 2.60 bits per heavy atom. The molecule has 9 heteroatoms. The van der Waals surface area contributed by atoms with Crippen molar-refractivity contribution in [3.05, 3.63) is 111 Å². The van der Waals surface area contributed by atoms with E-state index in [0.717, 1.165) is 46.0 Å². The van der Waals surface area contributed by atoms with Crippen LogP contribution in [0.3, 0.4) is 0 Å². The van der Waals surface area contributed by atoms with E-state index >= 15 is 0 Å². The summed E-state index contributed by atoms with van der Waals surface area (Å²) in [5, 5.41) is 8.16. The molecule has 1 aliphatic rings. The van der Waals surface area contributed by atoms with Gasteiger partial charge in [-0.25, -0.2) is 0 Å². The van der Waals surface area contributed by atoms with Crippen molar-refractivity contribution in [1.82, 2.24) is 19.8 Å². The first-order chi connectivity index (χ1) is 19.3. The van der Waals surface area contributed by atoms with Crippen LogP contribution in [0, 0.1) is 13.8 Å². The van der Waals surface area contributed by atoms with E-state index in [-0.39, 0.29) is 24.4 Å². The molecular weight excluding hydrogens is 561 g/mol. The summed E-state index contributed by atoms with van der Waals surface area (Å²) in [6, 6.07) is 21.2.